The molecule has 1 aromatic carbocycles. The summed E-state index contributed by atoms with van der Waals surface area (Å²) < 4.78 is 27.0. The van der Waals surface area contributed by atoms with Gasteiger partial charge >= 0.3 is 0 Å². The standard InChI is InChI=1S/C22H24N2O4S3/c25-21(19-5-4-14-29-19)20-11-8-17(30-20)15-23-22(26)16-6-9-18(10-7-16)31(27,28)24-12-2-1-3-13-24/h4-11,14,21,25H,1-3,12-13,15H2,(H,23,26). The molecule has 0 saturated carbocycles. The zero-order valence-electron chi connectivity index (χ0n) is 16.9. The summed E-state index contributed by atoms with van der Waals surface area (Å²) in [6.07, 6.45) is 2.18. The minimum absolute atomic E-state index is 0.219. The molecule has 1 saturated heterocycles. The number of carbonyl (C=O) groups is 1. The van der Waals surface area contributed by atoms with E-state index in [2.05, 4.69) is 5.32 Å². The third-order valence-corrected chi connectivity index (χ3v) is 9.23. The molecule has 1 unspecified atom stereocenters. The number of amides is 1. The zero-order chi connectivity index (χ0) is 21.8. The van der Waals surface area contributed by atoms with E-state index in [1.54, 1.807) is 12.1 Å². The van der Waals surface area contributed by atoms with Crippen molar-refractivity contribution in [3.05, 3.63) is 74.1 Å². The second-order valence-electron chi connectivity index (χ2n) is 7.39. The lowest BCUT2D eigenvalue weighted by Gasteiger charge is -2.25. The molecule has 3 aromatic rings. The Morgan fingerprint density at radius 1 is 1.03 bits per heavy atom. The average Bonchev–Trinajstić information content (AvgIpc) is 3.50. The third-order valence-electron chi connectivity index (χ3n) is 5.26. The highest BCUT2D eigenvalue weighted by Gasteiger charge is 2.26. The molecule has 1 fully saturated rings. The Bertz CT molecular complexity index is 1120. The molecule has 3 heterocycles. The van der Waals surface area contributed by atoms with Crippen molar-refractivity contribution in [2.45, 2.75) is 36.8 Å². The van der Waals surface area contributed by atoms with E-state index < -0.39 is 16.1 Å². The number of rotatable bonds is 7. The van der Waals surface area contributed by atoms with Gasteiger partial charge in [-0.25, -0.2) is 8.42 Å². The number of thiophene rings is 2. The molecular weight excluding hydrogens is 452 g/mol. The number of carbonyl (C=O) groups excluding carboxylic acids is 1. The van der Waals surface area contributed by atoms with Gasteiger partial charge in [0.15, 0.2) is 0 Å². The summed E-state index contributed by atoms with van der Waals surface area (Å²) in [6, 6.07) is 13.7. The Morgan fingerprint density at radius 2 is 1.77 bits per heavy atom. The van der Waals surface area contributed by atoms with Crippen molar-refractivity contribution in [1.29, 1.82) is 0 Å². The molecule has 2 aromatic heterocycles. The lowest BCUT2D eigenvalue weighted by Crippen LogP contribution is -2.35. The summed E-state index contributed by atoms with van der Waals surface area (Å²) in [6.45, 7) is 1.44. The molecule has 4 rings (SSSR count). The molecule has 1 amide bonds. The zero-order valence-corrected chi connectivity index (χ0v) is 19.3. The molecule has 31 heavy (non-hydrogen) atoms. The fourth-order valence-corrected chi connectivity index (χ4v) is 6.80. The van der Waals surface area contributed by atoms with Gasteiger partial charge in [0.2, 0.25) is 10.0 Å². The molecule has 1 atom stereocenters. The van der Waals surface area contributed by atoms with Crippen molar-refractivity contribution in [2.24, 2.45) is 0 Å². The summed E-state index contributed by atoms with van der Waals surface area (Å²) in [5.74, 6) is -0.268. The van der Waals surface area contributed by atoms with E-state index in [4.69, 9.17) is 0 Å². The van der Waals surface area contributed by atoms with Crippen LogP contribution >= 0.6 is 22.7 Å². The van der Waals surface area contributed by atoms with Crippen molar-refractivity contribution in [3.63, 3.8) is 0 Å². The molecule has 2 N–H and O–H groups in total. The molecule has 0 radical (unpaired) electrons. The van der Waals surface area contributed by atoms with Gasteiger partial charge in [-0.05, 0) is 60.7 Å². The second-order valence-corrected chi connectivity index (χ2v) is 11.5. The number of nitrogens with zero attached hydrogens (tertiary/aromatic N) is 1. The molecule has 0 bridgehead atoms. The molecule has 164 valence electrons. The summed E-state index contributed by atoms with van der Waals surface area (Å²) in [7, 11) is -3.50. The van der Waals surface area contributed by atoms with Gasteiger partial charge in [-0.15, -0.1) is 22.7 Å². The van der Waals surface area contributed by atoms with Crippen molar-refractivity contribution in [3.8, 4) is 0 Å². The van der Waals surface area contributed by atoms with E-state index in [0.717, 1.165) is 33.9 Å². The fraction of sp³-hybridized carbons (Fsp3) is 0.318. The van der Waals surface area contributed by atoms with E-state index in [0.29, 0.717) is 25.2 Å². The van der Waals surface area contributed by atoms with Crippen LogP contribution in [-0.2, 0) is 16.6 Å². The van der Waals surface area contributed by atoms with Crippen LogP contribution in [0.4, 0.5) is 0 Å². The van der Waals surface area contributed by atoms with Gasteiger partial charge < -0.3 is 10.4 Å². The minimum atomic E-state index is -3.50. The topological polar surface area (TPSA) is 86.7 Å². The highest BCUT2D eigenvalue weighted by molar-refractivity contribution is 7.89. The smallest absolute Gasteiger partial charge is 0.251 e. The molecular formula is C22H24N2O4S3. The van der Waals surface area contributed by atoms with Crippen LogP contribution in [0.2, 0.25) is 0 Å². The van der Waals surface area contributed by atoms with Crippen LogP contribution < -0.4 is 5.32 Å². The normalized spacial score (nSPS) is 16.2. The maximum Gasteiger partial charge on any atom is 0.251 e. The Kier molecular flexibility index (Phi) is 6.88. The number of hydrogen-bond acceptors (Lipinski definition) is 6. The molecule has 9 heteroatoms. The largest absolute Gasteiger partial charge is 0.382 e. The first-order valence-corrected chi connectivity index (χ1v) is 13.3. The number of benzene rings is 1. The van der Waals surface area contributed by atoms with Gasteiger partial charge in [-0.1, -0.05) is 12.5 Å². The Hall–Kier alpha value is -2.04. The summed E-state index contributed by atoms with van der Waals surface area (Å²) in [4.78, 5) is 15.4. The highest BCUT2D eigenvalue weighted by Crippen LogP contribution is 2.31. The number of aliphatic hydroxyl groups excluding tert-OH is 1. The first kappa shape index (κ1) is 22.2. The predicted molar refractivity (Wildman–Crippen MR) is 123 cm³/mol. The van der Waals surface area contributed by atoms with Gasteiger partial charge in [-0.3, -0.25) is 4.79 Å². The maximum atomic E-state index is 12.7. The molecule has 0 spiro atoms. The third kappa shape index (κ3) is 5.07. The van der Waals surface area contributed by atoms with Crippen LogP contribution in [0.3, 0.4) is 0 Å². The number of hydrogen-bond donors (Lipinski definition) is 2. The Labute approximate surface area is 190 Å². The van der Waals surface area contributed by atoms with Crippen molar-refractivity contribution >= 4 is 38.6 Å². The number of aliphatic hydroxyl groups is 1. The van der Waals surface area contributed by atoms with Gasteiger partial charge in [0, 0.05) is 33.3 Å². The van der Waals surface area contributed by atoms with Crippen molar-refractivity contribution < 1.29 is 18.3 Å². The quantitative estimate of drug-likeness (QED) is 0.540. The molecule has 1 aliphatic rings. The molecule has 0 aliphatic carbocycles. The summed E-state index contributed by atoms with van der Waals surface area (Å²) in [5.41, 5.74) is 0.410. The van der Waals surface area contributed by atoms with Crippen LogP contribution in [0.15, 0.2) is 58.8 Å². The number of sulfonamides is 1. The number of piperidine rings is 1. The summed E-state index contributed by atoms with van der Waals surface area (Å²) in [5, 5.41) is 15.2. The monoisotopic (exact) mass is 476 g/mol. The molecule has 6 nitrogen and oxygen atoms in total. The van der Waals surface area contributed by atoms with Crippen molar-refractivity contribution in [1.82, 2.24) is 9.62 Å². The maximum absolute atomic E-state index is 12.7. The number of nitrogens with one attached hydrogen (secondary N) is 1. The average molecular weight is 477 g/mol. The lowest BCUT2D eigenvalue weighted by atomic mass is 10.2. The van der Waals surface area contributed by atoms with Gasteiger partial charge in [0.25, 0.3) is 5.91 Å². The van der Waals surface area contributed by atoms with Crippen LogP contribution in [0.25, 0.3) is 0 Å². The highest BCUT2D eigenvalue weighted by atomic mass is 32.2. The van der Waals surface area contributed by atoms with Crippen molar-refractivity contribution in [2.75, 3.05) is 13.1 Å². The van der Waals surface area contributed by atoms with Crippen LogP contribution in [-0.4, -0.2) is 36.8 Å². The fourth-order valence-electron chi connectivity index (χ4n) is 3.53. The minimum Gasteiger partial charge on any atom is -0.382 e. The predicted octanol–water partition coefficient (Wildman–Crippen LogP) is 4.00. The first-order chi connectivity index (χ1) is 14.9. The van der Waals surface area contributed by atoms with Crippen LogP contribution in [0.5, 0.6) is 0 Å². The van der Waals surface area contributed by atoms with Gasteiger partial charge in [-0.2, -0.15) is 4.31 Å². The molecule has 1 aliphatic heterocycles. The SMILES string of the molecule is O=C(NCc1ccc(C(O)c2cccs2)s1)c1ccc(S(=O)(=O)N2CCCCC2)cc1. The lowest BCUT2D eigenvalue weighted by molar-refractivity contribution is 0.0951. The van der Waals surface area contributed by atoms with Gasteiger partial charge in [0.05, 0.1) is 11.4 Å². The van der Waals surface area contributed by atoms with E-state index in [-0.39, 0.29) is 10.8 Å². The van der Waals surface area contributed by atoms with Gasteiger partial charge in [0.1, 0.15) is 6.10 Å². The second kappa shape index (κ2) is 9.62. The van der Waals surface area contributed by atoms with E-state index in [1.807, 2.05) is 29.6 Å². The first-order valence-electron chi connectivity index (χ1n) is 10.1. The Balaban J connectivity index is 1.36. The van der Waals surface area contributed by atoms with Crippen LogP contribution in [0, 0.1) is 0 Å². The van der Waals surface area contributed by atoms with E-state index in [1.165, 1.54) is 39.1 Å². The van der Waals surface area contributed by atoms with Crippen LogP contribution in [0.1, 0.15) is 50.4 Å². The van der Waals surface area contributed by atoms with E-state index in [9.17, 15) is 18.3 Å². The summed E-state index contributed by atoms with van der Waals surface area (Å²) >= 11 is 2.96. The Morgan fingerprint density at radius 3 is 2.45 bits per heavy atom. The van der Waals surface area contributed by atoms with E-state index >= 15 is 0 Å².